The molecule has 2 aromatic heterocycles. The van der Waals surface area contributed by atoms with E-state index in [-0.39, 0.29) is 74.5 Å². The molecule has 3 aliphatic rings. The molecule has 9 rings (SSSR count). The largest absolute Gasteiger partial charge is 0.508 e. The number of aromatic amines is 1. The van der Waals surface area contributed by atoms with E-state index in [2.05, 4.69) is 68.5 Å². The SMILES string of the molecule is CC(=O)N[C@H]1CSCc2cccc(c2)CSC[C@H](C(N)=O)NC(=O)[C@H]([C@@H](C)O)NC(=O)[C@](C)(C(C)C)NC(=O)[C@H](Cc2ccc(O)cc2)NC(=O)[C@H](C)NC(=O)C2(Cc3ccccc3C2)NC(=O)[C@H](Cc2c[nH]c3ncccc23)NC(=O)[C@H]([C@@H](C)O)NC(=O)[C@@H]2CCCN2C(=O)[C@H](Cc2ccc(O)cc2)NC(=O)[C@H](C(C)(C)C)NC1=O. The first kappa shape index (κ1) is 88.8. The molecule has 2 aliphatic heterocycles. The molecule has 6 aromatic rings. The Balaban J connectivity index is 1.06. The molecular weight excluding hydrogens is 1530 g/mol. The molecule has 1 saturated heterocycles. The lowest BCUT2D eigenvalue weighted by Gasteiger charge is -2.36. The van der Waals surface area contributed by atoms with Crippen molar-refractivity contribution in [1.82, 2.24) is 73.4 Å². The van der Waals surface area contributed by atoms with E-state index >= 15 is 19.2 Å². The third-order valence-electron chi connectivity index (χ3n) is 21.1. The first-order valence-electron chi connectivity index (χ1n) is 38.4. The Morgan fingerprint density at radius 1 is 0.612 bits per heavy atom. The first-order chi connectivity index (χ1) is 54.8. The number of thioether (sulfide) groups is 2. The van der Waals surface area contributed by atoms with E-state index in [4.69, 9.17) is 5.73 Å². The van der Waals surface area contributed by atoms with E-state index in [0.29, 0.717) is 50.4 Å². The Hall–Kier alpha value is -11.1. The van der Waals surface area contributed by atoms with Crippen LogP contribution in [-0.2, 0) is 106 Å². The number of nitrogens with one attached hydrogen (secondary N) is 12. The highest BCUT2D eigenvalue weighted by Crippen LogP contribution is 2.33. The van der Waals surface area contributed by atoms with Crippen LogP contribution in [0.15, 0.2) is 122 Å². The van der Waals surface area contributed by atoms with Crippen molar-refractivity contribution in [2.75, 3.05) is 18.1 Å². The summed E-state index contributed by atoms with van der Waals surface area (Å²) in [6.07, 6.45) is -0.883. The van der Waals surface area contributed by atoms with Gasteiger partial charge in [0.2, 0.25) is 76.8 Å². The molecule has 4 heterocycles. The maximum absolute atomic E-state index is 15.5. The number of rotatable bonds is 11. The number of hydrogen-bond donors (Lipinski definition) is 17. The lowest BCUT2D eigenvalue weighted by Crippen LogP contribution is -2.67. The summed E-state index contributed by atoms with van der Waals surface area (Å²) in [5, 5.41) is 73.6. The number of phenolic OH excluding ortho intramolecular Hbond substituents is 2. The van der Waals surface area contributed by atoms with Crippen LogP contribution in [0.1, 0.15) is 121 Å². The predicted molar refractivity (Wildman–Crippen MR) is 434 cm³/mol. The Kier molecular flexibility index (Phi) is 29.9. The van der Waals surface area contributed by atoms with Gasteiger partial charge in [-0.3, -0.25) is 62.3 Å². The summed E-state index contributed by atoms with van der Waals surface area (Å²) in [6.45, 7) is 14.6. The summed E-state index contributed by atoms with van der Waals surface area (Å²) in [5.41, 5.74) is 5.59. The van der Waals surface area contributed by atoms with Crippen molar-refractivity contribution in [2.24, 2.45) is 17.1 Å². The number of phenols is 2. The summed E-state index contributed by atoms with van der Waals surface area (Å²) in [6, 6.07) is 14.4. The van der Waals surface area contributed by atoms with E-state index in [9.17, 15) is 63.6 Å². The number of hydrogen-bond acceptors (Lipinski definition) is 20. The number of nitrogens with zero attached hydrogens (tertiary/aromatic N) is 2. The van der Waals surface area contributed by atoms with Crippen LogP contribution in [0, 0.1) is 11.3 Å². The van der Waals surface area contributed by atoms with Crippen LogP contribution in [0.25, 0.3) is 11.0 Å². The van der Waals surface area contributed by atoms with E-state index in [1.165, 1.54) is 106 Å². The Morgan fingerprint density at radius 3 is 1.74 bits per heavy atom. The molecular formula is C82H105N15O17S2. The van der Waals surface area contributed by atoms with Crippen LogP contribution in [0.5, 0.6) is 11.5 Å². The first-order valence-corrected chi connectivity index (χ1v) is 40.7. The number of H-pyrrole nitrogens is 1. The van der Waals surface area contributed by atoms with Crippen molar-refractivity contribution < 1.29 is 82.8 Å². The number of aromatic hydroxyl groups is 2. The zero-order valence-corrected chi connectivity index (χ0v) is 68.1. The molecule has 18 N–H and O–H groups in total. The zero-order chi connectivity index (χ0) is 84.7. The Bertz CT molecular complexity index is 4590. The highest BCUT2D eigenvalue weighted by atomic mass is 32.2. The van der Waals surface area contributed by atoms with Gasteiger partial charge in [-0.2, -0.15) is 23.5 Å². The van der Waals surface area contributed by atoms with Gasteiger partial charge in [-0.25, -0.2) is 4.98 Å². The topological polar surface area (TPSA) is 493 Å². The number of primary amides is 1. The summed E-state index contributed by atoms with van der Waals surface area (Å²) < 4.78 is 0. The standard InChI is InChI=1S/C82H105N15O17S2/c1-43(2)81(10)78(113)93-65(46(5)99)75(110)91-61(67(83)103)41-115-39-50-16-13-17-51(32-50)40-116-42-62(87-47(6)100)70(105)94-66(80(7,8)9)76(111)90-60(34-49-24-28-56(102)29-25-49)77(112)97-31-15-21-63(97)73(108)92-64(45(4)98)74(109)89-59(35-54-38-85-68-57(54)20-14-30-84-68)72(107)96-82(36-52-18-11-12-19-53(52)37-82)79(114)86-44(3)69(104)88-58(71(106)95-81)33-48-22-26-55(101)27-23-48/h11-14,16-20,22-30,32,38,43-46,58-66,98-99,101-102H,15,21,31,33-37,39-42H2,1-10H3,(H2,83,103)(H,84,85)(H,86,114)(H,87,100)(H,88,104)(H,89,109)(H,90,111)(H,91,110)(H,92,108)(H,93,113)(H,94,105)(H,95,106)(H,96,107)/t44-,45+,46+,58-,59-,60-,61+,62-,63-,64-,65-,66+,81-/m0/s1. The molecule has 622 valence electrons. The summed E-state index contributed by atoms with van der Waals surface area (Å²) in [5.74, 6) is -11.8. The normalized spacial score (nSPS) is 25.2. The Morgan fingerprint density at radius 2 is 1.16 bits per heavy atom. The fourth-order valence-corrected chi connectivity index (χ4v) is 16.1. The maximum atomic E-state index is 15.5. The van der Waals surface area contributed by atoms with Gasteiger partial charge in [0.05, 0.1) is 12.2 Å². The number of aromatic nitrogens is 2. The van der Waals surface area contributed by atoms with Crippen molar-refractivity contribution in [1.29, 1.82) is 0 Å². The van der Waals surface area contributed by atoms with Crippen LogP contribution < -0.4 is 64.2 Å². The van der Waals surface area contributed by atoms with Crippen LogP contribution in [-0.4, -0.2) is 214 Å². The fraction of sp³-hybridized carbons (Fsp3) is 0.463. The molecule has 0 unspecified atom stereocenters. The van der Waals surface area contributed by atoms with Gasteiger partial charge in [-0.15, -0.1) is 0 Å². The van der Waals surface area contributed by atoms with E-state index < -0.39 is 172 Å². The minimum Gasteiger partial charge on any atom is -0.508 e. The molecule has 0 saturated carbocycles. The number of benzene rings is 4. The van der Waals surface area contributed by atoms with Crippen LogP contribution >= 0.6 is 23.5 Å². The smallest absolute Gasteiger partial charge is 0.247 e. The van der Waals surface area contributed by atoms with Crippen molar-refractivity contribution in [3.8, 4) is 11.5 Å². The highest BCUT2D eigenvalue weighted by Gasteiger charge is 2.49. The van der Waals surface area contributed by atoms with Crippen LogP contribution in [0.2, 0.25) is 0 Å². The zero-order valence-electron chi connectivity index (χ0n) is 66.4. The number of fused-ring (bicyclic) bond motifs is 5. The molecule has 2 bridgehead atoms. The van der Waals surface area contributed by atoms with E-state index in [1.807, 2.05) is 18.2 Å². The van der Waals surface area contributed by atoms with Gasteiger partial charge in [0.15, 0.2) is 0 Å². The van der Waals surface area contributed by atoms with Gasteiger partial charge in [0.1, 0.15) is 88.6 Å². The van der Waals surface area contributed by atoms with Gasteiger partial charge in [0.25, 0.3) is 0 Å². The van der Waals surface area contributed by atoms with Crippen molar-refractivity contribution in [3.05, 3.63) is 161 Å². The van der Waals surface area contributed by atoms with E-state index in [1.54, 1.807) is 95.4 Å². The van der Waals surface area contributed by atoms with Gasteiger partial charge < -0.3 is 94.5 Å². The van der Waals surface area contributed by atoms with Gasteiger partial charge >= 0.3 is 0 Å². The molecule has 116 heavy (non-hydrogen) atoms. The number of carbonyl (C=O) groups excluding carboxylic acids is 13. The van der Waals surface area contributed by atoms with Crippen molar-refractivity contribution in [2.45, 2.75) is 209 Å². The lowest BCUT2D eigenvalue weighted by molar-refractivity contribution is -0.143. The van der Waals surface area contributed by atoms with Crippen LogP contribution in [0.4, 0.5) is 0 Å². The van der Waals surface area contributed by atoms with Crippen molar-refractivity contribution in [3.63, 3.8) is 0 Å². The van der Waals surface area contributed by atoms with Gasteiger partial charge in [-0.05, 0) is 127 Å². The number of carbonyl (C=O) groups is 13. The molecule has 32 nitrogen and oxygen atoms in total. The minimum atomic E-state index is -1.92. The Labute approximate surface area is 680 Å². The lowest BCUT2D eigenvalue weighted by atomic mass is 9.85. The number of aliphatic hydroxyl groups excluding tert-OH is 2. The summed E-state index contributed by atoms with van der Waals surface area (Å²) >= 11 is 2.52. The molecule has 4 aromatic carbocycles. The molecule has 34 heteroatoms. The molecule has 1 spiro atoms. The second-order valence-corrected chi connectivity index (χ2v) is 33.6. The second kappa shape index (κ2) is 39.0. The minimum absolute atomic E-state index is 0.0108. The second-order valence-electron chi connectivity index (χ2n) is 31.6. The van der Waals surface area contributed by atoms with Crippen molar-refractivity contribution >= 4 is 111 Å². The number of aliphatic hydroxyl groups is 2. The predicted octanol–water partition coefficient (Wildman–Crippen LogP) is 1.05. The average Bonchev–Trinajstić information content (AvgIpc) is 1.62. The molecule has 13 atom stereocenters. The fourth-order valence-electron chi connectivity index (χ4n) is 14.1. The molecule has 1 aliphatic carbocycles. The van der Waals surface area contributed by atoms with E-state index in [0.717, 1.165) is 11.1 Å². The quantitative estimate of drug-likeness (QED) is 0.0862. The monoisotopic (exact) mass is 1640 g/mol. The number of pyridine rings is 1. The molecule has 1 fully saturated rings. The van der Waals surface area contributed by atoms with Gasteiger partial charge in [0, 0.05) is 86.4 Å². The summed E-state index contributed by atoms with van der Waals surface area (Å²) in [7, 11) is 0. The third-order valence-corrected chi connectivity index (χ3v) is 23.3. The third kappa shape index (κ3) is 22.9. The summed E-state index contributed by atoms with van der Waals surface area (Å²) in [4.78, 5) is 199. The molecule has 0 radical (unpaired) electrons. The number of nitrogens with two attached hydrogens (primary N) is 1. The maximum Gasteiger partial charge on any atom is 0.247 e. The van der Waals surface area contributed by atoms with Gasteiger partial charge in [-0.1, -0.05) is 107 Å². The number of amides is 13. The highest BCUT2D eigenvalue weighted by molar-refractivity contribution is 7.98. The van der Waals surface area contributed by atoms with Crippen LogP contribution in [0.3, 0.4) is 0 Å². The average molecular weight is 1640 g/mol. The molecule has 13 amide bonds.